The zero-order valence-electron chi connectivity index (χ0n) is 18.7. The van der Waals surface area contributed by atoms with Crippen LogP contribution in [0.15, 0.2) is 34.8 Å². The molecular weight excluding hydrogens is 415 g/mol. The van der Waals surface area contributed by atoms with Gasteiger partial charge in [0.1, 0.15) is 11.5 Å². The van der Waals surface area contributed by atoms with E-state index in [-0.39, 0.29) is 28.1 Å². The highest BCUT2D eigenvalue weighted by Crippen LogP contribution is 2.36. The number of benzene rings is 1. The molecular formula is C23H27FN4O4. The van der Waals surface area contributed by atoms with Crippen LogP contribution in [-0.2, 0) is 26.3 Å². The average Bonchev–Trinajstić information content (AvgIpc) is 3.22. The smallest absolute Gasteiger partial charge is 0.282 e. The van der Waals surface area contributed by atoms with E-state index < -0.39 is 23.2 Å². The first kappa shape index (κ1) is 22.0. The molecule has 0 saturated carbocycles. The summed E-state index contributed by atoms with van der Waals surface area (Å²) in [5.41, 5.74) is -0.215. The number of aryl methyl sites for hydroxylation is 1. The number of H-pyrrole nitrogens is 1. The van der Waals surface area contributed by atoms with Crippen molar-refractivity contribution in [2.75, 3.05) is 31.2 Å². The molecule has 0 aliphatic carbocycles. The monoisotopic (exact) mass is 442 g/mol. The molecule has 0 spiro atoms. The first-order chi connectivity index (χ1) is 15.2. The summed E-state index contributed by atoms with van der Waals surface area (Å²) >= 11 is 0. The normalized spacial score (nSPS) is 17.7. The van der Waals surface area contributed by atoms with Gasteiger partial charge >= 0.3 is 0 Å². The van der Waals surface area contributed by atoms with Crippen LogP contribution in [0.2, 0.25) is 0 Å². The van der Waals surface area contributed by atoms with Crippen LogP contribution >= 0.6 is 0 Å². The summed E-state index contributed by atoms with van der Waals surface area (Å²) in [5.74, 6) is -2.02. The number of morpholine rings is 1. The largest absolute Gasteiger partial charge is 0.378 e. The van der Waals surface area contributed by atoms with E-state index in [1.807, 2.05) is 27.7 Å². The van der Waals surface area contributed by atoms with Crippen LogP contribution in [0.1, 0.15) is 39.0 Å². The minimum atomic E-state index is -0.701. The minimum absolute atomic E-state index is 0.0150. The first-order valence-electron chi connectivity index (χ1n) is 10.7. The van der Waals surface area contributed by atoms with Gasteiger partial charge in [0.05, 0.1) is 35.6 Å². The second-order valence-electron chi connectivity index (χ2n) is 8.85. The standard InChI is InChI=1S/C23H27FN4O4/c1-5-15-17(21(30)28(25-15)23(2,3)4)18-19(26-10-12-32-13-11-26)22(31)27(20(18)29)16-9-7-6-8-14(16)24/h6-9,25H,5,10-13H2,1-4H3. The molecule has 32 heavy (non-hydrogen) atoms. The van der Waals surface area contributed by atoms with Gasteiger partial charge in [-0.05, 0) is 39.3 Å². The van der Waals surface area contributed by atoms with Gasteiger partial charge in [-0.3, -0.25) is 19.5 Å². The second kappa shape index (κ2) is 8.05. The molecule has 1 saturated heterocycles. The summed E-state index contributed by atoms with van der Waals surface area (Å²) in [5, 5.41) is 3.11. The number of anilines is 1. The maximum Gasteiger partial charge on any atom is 0.282 e. The van der Waals surface area contributed by atoms with Gasteiger partial charge in [0.15, 0.2) is 0 Å². The van der Waals surface area contributed by atoms with Crippen LogP contribution < -0.4 is 10.5 Å². The third-order valence-electron chi connectivity index (χ3n) is 5.72. The van der Waals surface area contributed by atoms with Crippen molar-refractivity contribution in [1.29, 1.82) is 0 Å². The second-order valence-corrected chi connectivity index (χ2v) is 8.85. The average molecular weight is 442 g/mol. The molecule has 2 aliphatic rings. The number of imide groups is 1. The molecule has 2 amide bonds. The summed E-state index contributed by atoms with van der Waals surface area (Å²) in [6.45, 7) is 9.04. The Kier molecular flexibility index (Phi) is 5.54. The molecule has 2 aliphatic heterocycles. The Hall–Kier alpha value is -3.20. The molecule has 1 aromatic heterocycles. The van der Waals surface area contributed by atoms with Gasteiger partial charge in [-0.25, -0.2) is 14.0 Å². The molecule has 8 nitrogen and oxygen atoms in total. The number of nitrogens with zero attached hydrogens (tertiary/aromatic N) is 3. The van der Waals surface area contributed by atoms with E-state index >= 15 is 0 Å². The van der Waals surface area contributed by atoms with E-state index in [0.29, 0.717) is 38.4 Å². The van der Waals surface area contributed by atoms with Gasteiger partial charge in [0.25, 0.3) is 17.4 Å². The molecule has 0 radical (unpaired) electrons. The predicted octanol–water partition coefficient (Wildman–Crippen LogP) is 2.25. The van der Waals surface area contributed by atoms with Crippen LogP contribution in [0, 0.1) is 5.82 Å². The van der Waals surface area contributed by atoms with E-state index in [2.05, 4.69) is 5.10 Å². The lowest BCUT2D eigenvalue weighted by Gasteiger charge is -2.29. The lowest BCUT2D eigenvalue weighted by atomic mass is 10.0. The third kappa shape index (κ3) is 3.46. The Balaban J connectivity index is 1.96. The molecule has 2 aromatic rings. The maximum absolute atomic E-state index is 14.6. The number of nitrogens with one attached hydrogen (secondary N) is 1. The van der Waals surface area contributed by atoms with Crippen LogP contribution in [0.3, 0.4) is 0 Å². The van der Waals surface area contributed by atoms with Crippen molar-refractivity contribution in [1.82, 2.24) is 14.7 Å². The lowest BCUT2D eigenvalue weighted by Crippen LogP contribution is -2.40. The number of aromatic nitrogens is 2. The molecule has 0 unspecified atom stereocenters. The molecule has 0 atom stereocenters. The molecule has 3 heterocycles. The summed E-state index contributed by atoms with van der Waals surface area (Å²) in [6.07, 6.45) is 0.453. The highest BCUT2D eigenvalue weighted by atomic mass is 19.1. The van der Waals surface area contributed by atoms with Gasteiger partial charge < -0.3 is 9.64 Å². The Morgan fingerprint density at radius 2 is 1.72 bits per heavy atom. The number of rotatable bonds is 4. The van der Waals surface area contributed by atoms with Crippen LogP contribution in [0.25, 0.3) is 5.57 Å². The minimum Gasteiger partial charge on any atom is -0.378 e. The molecule has 1 fully saturated rings. The number of hydrogen-bond acceptors (Lipinski definition) is 5. The fraction of sp³-hybridized carbons (Fsp3) is 0.435. The number of ether oxygens (including phenoxy) is 1. The van der Waals surface area contributed by atoms with Crippen molar-refractivity contribution in [3.63, 3.8) is 0 Å². The first-order valence-corrected chi connectivity index (χ1v) is 10.7. The Morgan fingerprint density at radius 1 is 1.06 bits per heavy atom. The molecule has 1 aromatic carbocycles. The maximum atomic E-state index is 14.6. The third-order valence-corrected chi connectivity index (χ3v) is 5.72. The van der Waals surface area contributed by atoms with Gasteiger partial charge in [-0.2, -0.15) is 0 Å². The SMILES string of the molecule is CCc1[nH]n(C(C)(C)C)c(=O)c1C1=C(N2CCOCC2)C(=O)N(c2ccccc2F)C1=O. The Labute approximate surface area is 185 Å². The van der Waals surface area contributed by atoms with Crippen molar-refractivity contribution in [2.45, 2.75) is 39.7 Å². The van der Waals surface area contributed by atoms with E-state index in [1.54, 1.807) is 11.0 Å². The van der Waals surface area contributed by atoms with Crippen LogP contribution in [-0.4, -0.2) is 52.8 Å². The van der Waals surface area contributed by atoms with Crippen molar-refractivity contribution in [3.8, 4) is 0 Å². The lowest BCUT2D eigenvalue weighted by molar-refractivity contribution is -0.121. The fourth-order valence-corrected chi connectivity index (χ4v) is 4.14. The van der Waals surface area contributed by atoms with E-state index in [1.165, 1.54) is 22.9 Å². The summed E-state index contributed by atoms with van der Waals surface area (Å²) < 4.78 is 21.5. The zero-order valence-corrected chi connectivity index (χ0v) is 18.7. The number of para-hydroxylation sites is 1. The van der Waals surface area contributed by atoms with Gasteiger partial charge in [-0.1, -0.05) is 19.1 Å². The number of carbonyl (C=O) groups excluding carboxylic acids is 2. The molecule has 9 heteroatoms. The fourth-order valence-electron chi connectivity index (χ4n) is 4.14. The molecule has 4 rings (SSSR count). The summed E-state index contributed by atoms with van der Waals surface area (Å²) in [4.78, 5) is 43.3. The molecule has 0 bridgehead atoms. The Morgan fingerprint density at radius 3 is 2.31 bits per heavy atom. The predicted molar refractivity (Wildman–Crippen MR) is 118 cm³/mol. The highest BCUT2D eigenvalue weighted by Gasteiger charge is 2.46. The molecule has 170 valence electrons. The van der Waals surface area contributed by atoms with Gasteiger partial charge in [0.2, 0.25) is 0 Å². The number of carbonyl (C=O) groups is 2. The topological polar surface area (TPSA) is 87.6 Å². The van der Waals surface area contributed by atoms with E-state index in [4.69, 9.17) is 4.74 Å². The highest BCUT2D eigenvalue weighted by molar-refractivity contribution is 6.45. The van der Waals surface area contributed by atoms with Crippen LogP contribution in [0.5, 0.6) is 0 Å². The van der Waals surface area contributed by atoms with Gasteiger partial charge in [0, 0.05) is 18.8 Å². The van der Waals surface area contributed by atoms with Crippen molar-refractivity contribution >= 4 is 23.1 Å². The number of hydrogen-bond donors (Lipinski definition) is 1. The summed E-state index contributed by atoms with van der Waals surface area (Å²) in [6, 6.07) is 5.63. The van der Waals surface area contributed by atoms with E-state index in [9.17, 15) is 18.8 Å². The van der Waals surface area contributed by atoms with Gasteiger partial charge in [-0.15, -0.1) is 0 Å². The molecule has 1 N–H and O–H groups in total. The van der Waals surface area contributed by atoms with Crippen molar-refractivity contribution in [2.24, 2.45) is 0 Å². The van der Waals surface area contributed by atoms with Crippen molar-refractivity contribution < 1.29 is 18.7 Å². The van der Waals surface area contributed by atoms with E-state index in [0.717, 1.165) is 4.90 Å². The number of halogens is 1. The Bertz CT molecular complexity index is 1170. The zero-order chi connectivity index (χ0) is 23.2. The quantitative estimate of drug-likeness (QED) is 0.734. The van der Waals surface area contributed by atoms with Crippen molar-refractivity contribution in [3.05, 3.63) is 57.4 Å². The summed E-state index contributed by atoms with van der Waals surface area (Å²) in [7, 11) is 0. The number of aromatic amines is 1. The number of amides is 2. The van der Waals surface area contributed by atoms with Crippen LogP contribution in [0.4, 0.5) is 10.1 Å².